The van der Waals surface area contributed by atoms with Crippen LogP contribution in [0.3, 0.4) is 0 Å². The summed E-state index contributed by atoms with van der Waals surface area (Å²) < 4.78 is 8.57. The molecule has 7 nitrogen and oxygen atoms in total. The highest BCUT2D eigenvalue weighted by molar-refractivity contribution is 7.17. The Morgan fingerprint density at radius 3 is 2.53 bits per heavy atom. The van der Waals surface area contributed by atoms with Crippen LogP contribution in [0.5, 0.6) is 0 Å². The Labute approximate surface area is 174 Å². The molecule has 0 bridgehead atoms. The first-order chi connectivity index (χ1) is 14.6. The van der Waals surface area contributed by atoms with Gasteiger partial charge in [-0.1, -0.05) is 53.2 Å². The summed E-state index contributed by atoms with van der Waals surface area (Å²) in [6.45, 7) is 2.02. The molecule has 5 rings (SSSR count). The Hall–Kier alpha value is -3.78. The smallest absolute Gasteiger partial charge is 0.336 e. The van der Waals surface area contributed by atoms with Gasteiger partial charge in [-0.2, -0.15) is 4.98 Å². The van der Waals surface area contributed by atoms with Gasteiger partial charge < -0.3 is 4.52 Å². The summed E-state index contributed by atoms with van der Waals surface area (Å²) >= 11 is 1.30. The quantitative estimate of drug-likeness (QED) is 0.447. The third kappa shape index (κ3) is 3.07. The Bertz CT molecular complexity index is 1460. The Morgan fingerprint density at radius 1 is 1.00 bits per heavy atom. The molecule has 5 aromatic rings. The molecular formula is C22H16N4O3S. The molecule has 0 N–H and O–H groups in total. The number of fused-ring (bicyclic) bond motifs is 1. The highest BCUT2D eigenvalue weighted by Gasteiger charge is 2.18. The summed E-state index contributed by atoms with van der Waals surface area (Å²) in [6, 6.07) is 18.5. The number of aromatic nitrogens is 4. The van der Waals surface area contributed by atoms with Crippen LogP contribution in [0.2, 0.25) is 0 Å². The van der Waals surface area contributed by atoms with Crippen molar-refractivity contribution >= 4 is 21.6 Å². The van der Waals surface area contributed by atoms with E-state index in [-0.39, 0.29) is 18.0 Å². The standard InChI is InChI=1S/C22H16N4O3S/c1-14-7-9-16(10-8-14)26-21(27)19-17(11-12-30-19)25(22(26)28)13-18-23-20(24-29-18)15-5-3-2-4-6-15/h2-12H,13H2,1H3. The van der Waals surface area contributed by atoms with Crippen LogP contribution < -0.4 is 11.2 Å². The van der Waals surface area contributed by atoms with Gasteiger partial charge in [0.2, 0.25) is 11.7 Å². The minimum absolute atomic E-state index is 0.0675. The zero-order valence-electron chi connectivity index (χ0n) is 16.0. The van der Waals surface area contributed by atoms with Crippen molar-refractivity contribution in [3.63, 3.8) is 0 Å². The van der Waals surface area contributed by atoms with E-state index in [4.69, 9.17) is 4.52 Å². The highest BCUT2D eigenvalue weighted by Crippen LogP contribution is 2.19. The molecule has 148 valence electrons. The summed E-state index contributed by atoms with van der Waals surface area (Å²) in [5, 5.41) is 5.82. The molecular weight excluding hydrogens is 400 g/mol. The summed E-state index contributed by atoms with van der Waals surface area (Å²) in [5.74, 6) is 0.740. The Balaban J connectivity index is 1.64. The van der Waals surface area contributed by atoms with Crippen LogP contribution in [-0.4, -0.2) is 19.3 Å². The number of benzene rings is 2. The zero-order chi connectivity index (χ0) is 20.7. The lowest BCUT2D eigenvalue weighted by Crippen LogP contribution is -2.38. The van der Waals surface area contributed by atoms with E-state index in [1.54, 1.807) is 23.6 Å². The van der Waals surface area contributed by atoms with Crippen LogP contribution in [0.4, 0.5) is 0 Å². The fourth-order valence-electron chi connectivity index (χ4n) is 3.32. The number of nitrogens with zero attached hydrogens (tertiary/aromatic N) is 4. The lowest BCUT2D eigenvalue weighted by molar-refractivity contribution is 0.370. The van der Waals surface area contributed by atoms with Crippen molar-refractivity contribution in [2.45, 2.75) is 13.5 Å². The third-order valence-corrected chi connectivity index (χ3v) is 5.73. The molecule has 0 atom stereocenters. The summed E-state index contributed by atoms with van der Waals surface area (Å²) in [5.41, 5.74) is 2.16. The molecule has 3 heterocycles. The maximum absolute atomic E-state index is 13.3. The number of hydrogen-bond donors (Lipinski definition) is 0. The monoisotopic (exact) mass is 416 g/mol. The van der Waals surface area contributed by atoms with Crippen molar-refractivity contribution in [2.75, 3.05) is 0 Å². The normalized spacial score (nSPS) is 11.2. The number of thiophene rings is 1. The molecule has 0 aliphatic carbocycles. The number of hydrogen-bond acceptors (Lipinski definition) is 6. The van der Waals surface area contributed by atoms with E-state index in [1.165, 1.54) is 20.5 Å². The van der Waals surface area contributed by atoms with Gasteiger partial charge in [0.15, 0.2) is 0 Å². The second kappa shape index (κ2) is 7.23. The number of rotatable bonds is 4. The van der Waals surface area contributed by atoms with Gasteiger partial charge in [-0.25, -0.2) is 9.36 Å². The van der Waals surface area contributed by atoms with Crippen LogP contribution >= 0.6 is 11.3 Å². The molecule has 0 aliphatic heterocycles. The van der Waals surface area contributed by atoms with Crippen molar-refractivity contribution < 1.29 is 4.52 Å². The van der Waals surface area contributed by atoms with E-state index in [1.807, 2.05) is 49.4 Å². The van der Waals surface area contributed by atoms with Crippen molar-refractivity contribution in [1.82, 2.24) is 19.3 Å². The summed E-state index contributed by atoms with van der Waals surface area (Å²) in [4.78, 5) is 30.7. The molecule has 0 unspecified atom stereocenters. The average Bonchev–Trinajstić information content (AvgIpc) is 3.43. The van der Waals surface area contributed by atoms with Gasteiger partial charge in [0.05, 0.1) is 11.2 Å². The molecule has 0 saturated heterocycles. The third-order valence-electron chi connectivity index (χ3n) is 4.84. The van der Waals surface area contributed by atoms with E-state index < -0.39 is 5.69 Å². The molecule has 0 saturated carbocycles. The summed E-state index contributed by atoms with van der Waals surface area (Å²) in [7, 11) is 0. The SMILES string of the molecule is Cc1ccc(-n2c(=O)c3sccc3n(Cc3nc(-c4ccccc4)no3)c2=O)cc1. The summed E-state index contributed by atoms with van der Waals surface area (Å²) in [6.07, 6.45) is 0. The molecule has 3 aromatic heterocycles. The first-order valence-electron chi connectivity index (χ1n) is 9.30. The van der Waals surface area contributed by atoms with Gasteiger partial charge >= 0.3 is 5.69 Å². The lowest BCUT2D eigenvalue weighted by atomic mass is 10.2. The molecule has 0 spiro atoms. The van der Waals surface area contributed by atoms with E-state index in [0.717, 1.165) is 11.1 Å². The second-order valence-electron chi connectivity index (χ2n) is 6.86. The number of aryl methyl sites for hydroxylation is 1. The van der Waals surface area contributed by atoms with Gasteiger partial charge in [-0.3, -0.25) is 9.36 Å². The predicted octanol–water partition coefficient (Wildman–Crippen LogP) is 3.62. The van der Waals surface area contributed by atoms with Crippen LogP contribution in [-0.2, 0) is 6.54 Å². The molecule has 8 heteroatoms. The van der Waals surface area contributed by atoms with E-state index in [2.05, 4.69) is 10.1 Å². The first kappa shape index (κ1) is 18.3. The molecule has 30 heavy (non-hydrogen) atoms. The van der Waals surface area contributed by atoms with Crippen molar-refractivity contribution in [3.05, 3.63) is 98.3 Å². The molecule has 0 amide bonds. The van der Waals surface area contributed by atoms with Crippen LogP contribution in [0.1, 0.15) is 11.5 Å². The van der Waals surface area contributed by atoms with E-state index >= 15 is 0 Å². The van der Waals surface area contributed by atoms with Crippen molar-refractivity contribution in [3.8, 4) is 17.1 Å². The van der Waals surface area contributed by atoms with Gasteiger partial charge in [0.1, 0.15) is 11.2 Å². The largest absolute Gasteiger partial charge is 0.337 e. The minimum atomic E-state index is -0.450. The molecule has 0 fully saturated rings. The van der Waals surface area contributed by atoms with Gasteiger partial charge in [-0.15, -0.1) is 11.3 Å². The maximum atomic E-state index is 13.3. The van der Waals surface area contributed by atoms with Crippen molar-refractivity contribution in [2.24, 2.45) is 0 Å². The fraction of sp³-hybridized carbons (Fsp3) is 0.0909. The molecule has 0 radical (unpaired) electrons. The van der Waals surface area contributed by atoms with Crippen molar-refractivity contribution in [1.29, 1.82) is 0 Å². The lowest BCUT2D eigenvalue weighted by Gasteiger charge is -2.11. The van der Waals surface area contributed by atoms with Gasteiger partial charge in [0, 0.05) is 5.56 Å². The Kier molecular flexibility index (Phi) is 4.40. The predicted molar refractivity (Wildman–Crippen MR) is 115 cm³/mol. The maximum Gasteiger partial charge on any atom is 0.336 e. The van der Waals surface area contributed by atoms with Gasteiger partial charge in [-0.05, 0) is 30.5 Å². The first-order valence-corrected chi connectivity index (χ1v) is 10.2. The van der Waals surface area contributed by atoms with Crippen LogP contribution in [0.25, 0.3) is 27.3 Å². The van der Waals surface area contributed by atoms with Crippen LogP contribution in [0.15, 0.2) is 80.2 Å². The highest BCUT2D eigenvalue weighted by atomic mass is 32.1. The zero-order valence-corrected chi connectivity index (χ0v) is 16.8. The molecule has 2 aromatic carbocycles. The Morgan fingerprint density at radius 2 is 1.77 bits per heavy atom. The minimum Gasteiger partial charge on any atom is -0.337 e. The van der Waals surface area contributed by atoms with Crippen LogP contribution in [0, 0.1) is 6.92 Å². The fourth-order valence-corrected chi connectivity index (χ4v) is 4.14. The average molecular weight is 416 g/mol. The van der Waals surface area contributed by atoms with E-state index in [9.17, 15) is 9.59 Å². The second-order valence-corrected chi connectivity index (χ2v) is 7.77. The van der Waals surface area contributed by atoms with Gasteiger partial charge in [0.25, 0.3) is 5.56 Å². The van der Waals surface area contributed by atoms with E-state index in [0.29, 0.717) is 21.7 Å². The molecule has 0 aliphatic rings. The topological polar surface area (TPSA) is 82.9 Å².